The number of hydrogen-bond donors (Lipinski definition) is 1. The highest BCUT2D eigenvalue weighted by molar-refractivity contribution is 7.20. The van der Waals surface area contributed by atoms with Gasteiger partial charge in [-0.05, 0) is 42.9 Å². The average molecular weight is 301 g/mol. The third-order valence-corrected chi connectivity index (χ3v) is 4.51. The van der Waals surface area contributed by atoms with Gasteiger partial charge in [0.2, 0.25) is 10.1 Å². The van der Waals surface area contributed by atoms with Gasteiger partial charge >= 0.3 is 0 Å². The Morgan fingerprint density at radius 1 is 1.24 bits per heavy atom. The van der Waals surface area contributed by atoms with Crippen molar-refractivity contribution in [3.8, 4) is 5.75 Å². The van der Waals surface area contributed by atoms with Crippen LogP contribution < -0.4 is 10.5 Å². The van der Waals surface area contributed by atoms with Crippen LogP contribution in [-0.2, 0) is 19.4 Å². The van der Waals surface area contributed by atoms with Crippen LogP contribution in [-0.4, -0.2) is 19.8 Å². The molecule has 0 saturated carbocycles. The molecule has 4 rings (SSSR count). The number of anilines is 1. The zero-order chi connectivity index (χ0) is 14.2. The van der Waals surface area contributed by atoms with Gasteiger partial charge in [-0.3, -0.25) is 0 Å². The van der Waals surface area contributed by atoms with E-state index in [4.69, 9.17) is 10.5 Å². The molecule has 21 heavy (non-hydrogen) atoms. The number of hydrogen-bond acceptors (Lipinski definition) is 6. The normalized spacial score (nSPS) is 14.3. The largest absolute Gasteiger partial charge is 0.485 e. The van der Waals surface area contributed by atoms with Crippen molar-refractivity contribution in [3.63, 3.8) is 0 Å². The summed E-state index contributed by atoms with van der Waals surface area (Å²) in [6, 6.07) is 6.27. The maximum atomic E-state index is 5.97. The second kappa shape index (κ2) is 5.00. The van der Waals surface area contributed by atoms with Crippen molar-refractivity contribution in [2.45, 2.75) is 32.3 Å². The highest BCUT2D eigenvalue weighted by Gasteiger charge is 2.15. The number of benzene rings is 1. The maximum Gasteiger partial charge on any atom is 0.236 e. The fourth-order valence-corrected chi connectivity index (χ4v) is 3.41. The van der Waals surface area contributed by atoms with Gasteiger partial charge in [0.05, 0.1) is 0 Å². The van der Waals surface area contributed by atoms with Crippen LogP contribution in [0.2, 0.25) is 0 Å². The van der Waals surface area contributed by atoms with Gasteiger partial charge in [0, 0.05) is 0 Å². The summed E-state index contributed by atoms with van der Waals surface area (Å²) >= 11 is 1.32. The van der Waals surface area contributed by atoms with Gasteiger partial charge in [0.25, 0.3) is 0 Å². The molecule has 6 nitrogen and oxygen atoms in total. The third-order valence-electron chi connectivity index (χ3n) is 3.78. The smallest absolute Gasteiger partial charge is 0.236 e. The highest BCUT2D eigenvalue weighted by atomic mass is 32.1. The summed E-state index contributed by atoms with van der Waals surface area (Å²) < 4.78 is 7.61. The van der Waals surface area contributed by atoms with Gasteiger partial charge in [-0.1, -0.05) is 23.5 Å². The fourth-order valence-electron chi connectivity index (χ4n) is 2.79. The number of fused-ring (bicyclic) bond motifs is 2. The number of nitrogen functional groups attached to an aromatic ring is 1. The van der Waals surface area contributed by atoms with Crippen LogP contribution in [0.3, 0.4) is 0 Å². The van der Waals surface area contributed by atoms with Crippen LogP contribution >= 0.6 is 11.3 Å². The number of ether oxygens (including phenoxy) is 1. The van der Waals surface area contributed by atoms with E-state index in [0.717, 1.165) is 18.6 Å². The van der Waals surface area contributed by atoms with Crippen molar-refractivity contribution >= 4 is 21.4 Å². The number of nitrogens with zero attached hydrogens (tertiary/aromatic N) is 4. The lowest BCUT2D eigenvalue weighted by Gasteiger charge is -2.19. The summed E-state index contributed by atoms with van der Waals surface area (Å²) in [6.07, 6.45) is 4.72. The molecule has 0 spiro atoms. The second-order valence-electron chi connectivity index (χ2n) is 5.14. The SMILES string of the molecule is Nc1nn2c(COc3cccc4c3CCCC4)nnc2s1. The first-order valence-electron chi connectivity index (χ1n) is 7.01. The molecule has 7 heteroatoms. The van der Waals surface area contributed by atoms with Crippen molar-refractivity contribution in [3.05, 3.63) is 35.2 Å². The molecule has 2 aromatic heterocycles. The molecule has 108 valence electrons. The molecule has 0 unspecified atom stereocenters. The Labute approximate surface area is 125 Å². The van der Waals surface area contributed by atoms with Crippen LogP contribution in [0.5, 0.6) is 5.75 Å². The van der Waals surface area contributed by atoms with E-state index >= 15 is 0 Å². The molecule has 0 fully saturated rings. The minimum atomic E-state index is 0.348. The van der Waals surface area contributed by atoms with E-state index in [1.54, 1.807) is 4.52 Å². The quantitative estimate of drug-likeness (QED) is 0.802. The van der Waals surface area contributed by atoms with Crippen molar-refractivity contribution in [1.82, 2.24) is 19.8 Å². The summed E-state index contributed by atoms with van der Waals surface area (Å²) in [7, 11) is 0. The molecule has 0 bridgehead atoms. The first kappa shape index (κ1) is 12.6. The molecule has 1 aromatic carbocycles. The second-order valence-corrected chi connectivity index (χ2v) is 6.13. The van der Waals surface area contributed by atoms with Crippen LogP contribution in [0.25, 0.3) is 4.96 Å². The predicted molar refractivity (Wildman–Crippen MR) is 80.5 cm³/mol. The van der Waals surface area contributed by atoms with Crippen molar-refractivity contribution in [1.29, 1.82) is 0 Å². The number of rotatable bonds is 3. The number of nitrogens with two attached hydrogens (primary N) is 1. The van der Waals surface area contributed by atoms with Gasteiger partial charge in [0.15, 0.2) is 5.82 Å². The summed E-state index contributed by atoms with van der Waals surface area (Å²) in [6.45, 7) is 0.348. The van der Waals surface area contributed by atoms with Crippen molar-refractivity contribution < 1.29 is 4.74 Å². The molecule has 0 radical (unpaired) electrons. The summed E-state index contributed by atoms with van der Waals surface area (Å²) in [4.78, 5) is 0.696. The Bertz CT molecular complexity index is 794. The highest BCUT2D eigenvalue weighted by Crippen LogP contribution is 2.30. The molecular weight excluding hydrogens is 286 g/mol. The predicted octanol–water partition coefficient (Wildman–Crippen LogP) is 2.23. The molecule has 1 aliphatic rings. The van der Waals surface area contributed by atoms with Gasteiger partial charge in [-0.25, -0.2) is 0 Å². The minimum Gasteiger partial charge on any atom is -0.485 e. The molecule has 3 aromatic rings. The van der Waals surface area contributed by atoms with E-state index in [9.17, 15) is 0 Å². The molecule has 0 atom stereocenters. The topological polar surface area (TPSA) is 78.3 Å². The Balaban J connectivity index is 1.59. The van der Waals surface area contributed by atoms with E-state index in [0.29, 0.717) is 22.5 Å². The Morgan fingerprint density at radius 3 is 3.10 bits per heavy atom. The Hall–Kier alpha value is -2.15. The van der Waals surface area contributed by atoms with Crippen molar-refractivity contribution in [2.24, 2.45) is 0 Å². The van der Waals surface area contributed by atoms with Gasteiger partial charge in [-0.2, -0.15) is 4.52 Å². The zero-order valence-corrected chi connectivity index (χ0v) is 12.3. The summed E-state index contributed by atoms with van der Waals surface area (Å²) in [5, 5.41) is 12.8. The van der Waals surface area contributed by atoms with Crippen LogP contribution in [0.1, 0.15) is 29.8 Å². The molecule has 2 N–H and O–H groups in total. The first-order valence-corrected chi connectivity index (χ1v) is 7.83. The van der Waals surface area contributed by atoms with Gasteiger partial charge < -0.3 is 10.5 Å². The lowest BCUT2D eigenvalue weighted by Crippen LogP contribution is -2.08. The maximum absolute atomic E-state index is 5.97. The van der Waals surface area contributed by atoms with E-state index < -0.39 is 0 Å². The molecular formula is C14H15N5OS. The standard InChI is InChI=1S/C14H15N5OS/c15-13-18-19-12(16-17-14(19)21-13)8-20-11-7-3-5-9-4-1-2-6-10(9)11/h3,5,7H,1-2,4,6,8H2,(H2,15,18). The summed E-state index contributed by atoms with van der Waals surface area (Å²) in [5.41, 5.74) is 8.42. The third kappa shape index (κ3) is 2.23. The van der Waals surface area contributed by atoms with Gasteiger partial charge in [0.1, 0.15) is 12.4 Å². The van der Waals surface area contributed by atoms with E-state index in [2.05, 4.69) is 27.4 Å². The molecule has 0 aliphatic heterocycles. The van der Waals surface area contributed by atoms with E-state index in [1.165, 1.54) is 35.3 Å². The minimum absolute atomic E-state index is 0.348. The van der Waals surface area contributed by atoms with E-state index in [1.807, 2.05) is 6.07 Å². The number of aryl methyl sites for hydroxylation is 1. The fraction of sp³-hybridized carbons (Fsp3) is 0.357. The lowest BCUT2D eigenvalue weighted by molar-refractivity contribution is 0.288. The first-order chi connectivity index (χ1) is 10.3. The average Bonchev–Trinajstić information content (AvgIpc) is 3.04. The molecule has 0 saturated heterocycles. The summed E-state index contributed by atoms with van der Waals surface area (Å²) in [5.74, 6) is 1.62. The molecule has 0 amide bonds. The Morgan fingerprint density at radius 2 is 2.14 bits per heavy atom. The Kier molecular flexibility index (Phi) is 2.99. The van der Waals surface area contributed by atoms with Crippen LogP contribution in [0.4, 0.5) is 5.13 Å². The lowest BCUT2D eigenvalue weighted by atomic mass is 9.91. The molecule has 2 heterocycles. The monoisotopic (exact) mass is 301 g/mol. The molecule has 1 aliphatic carbocycles. The van der Waals surface area contributed by atoms with Crippen molar-refractivity contribution in [2.75, 3.05) is 5.73 Å². The number of aromatic nitrogens is 4. The zero-order valence-electron chi connectivity index (χ0n) is 11.5. The van der Waals surface area contributed by atoms with Crippen LogP contribution in [0, 0.1) is 0 Å². The van der Waals surface area contributed by atoms with Crippen LogP contribution in [0.15, 0.2) is 18.2 Å². The van der Waals surface area contributed by atoms with E-state index in [-0.39, 0.29) is 0 Å². The van der Waals surface area contributed by atoms with Gasteiger partial charge in [-0.15, -0.1) is 15.3 Å².